The Labute approximate surface area is 165 Å². The van der Waals surface area contributed by atoms with E-state index in [4.69, 9.17) is 0 Å². The lowest BCUT2D eigenvalue weighted by Gasteiger charge is -2.12. The number of amides is 1. The Kier molecular flexibility index (Phi) is 5.54. The third kappa shape index (κ3) is 4.29. The minimum Gasteiger partial charge on any atom is -0.493 e. The van der Waals surface area contributed by atoms with Gasteiger partial charge in [-0.1, -0.05) is 24.3 Å². The van der Waals surface area contributed by atoms with Gasteiger partial charge >= 0.3 is 11.9 Å². The molecule has 1 heterocycles. The molecule has 0 bridgehead atoms. The Morgan fingerprint density at radius 3 is 2.47 bits per heavy atom. The number of hydrogen-bond donors (Lipinski definition) is 3. The van der Waals surface area contributed by atoms with E-state index < -0.39 is 40.3 Å². The smallest absolute Gasteiger partial charge is 0.416 e. The maximum absolute atomic E-state index is 12.9. The monoisotopic (exact) mass is 418 g/mol. The number of nitrogens with zero attached hydrogens (tertiary/aromatic N) is 2. The average molecular weight is 418 g/mol. The number of carbonyl (C=O) groups is 1. The van der Waals surface area contributed by atoms with Crippen molar-refractivity contribution in [2.75, 3.05) is 0 Å². The molecule has 0 unspecified atom stereocenters. The summed E-state index contributed by atoms with van der Waals surface area (Å²) in [6.07, 6.45) is -3.90. The van der Waals surface area contributed by atoms with E-state index in [1.807, 2.05) is 4.98 Å². The molecule has 0 spiro atoms. The number of alkyl halides is 3. The van der Waals surface area contributed by atoms with E-state index in [1.165, 1.54) is 12.1 Å². The maximum atomic E-state index is 12.9. The second kappa shape index (κ2) is 8.07. The van der Waals surface area contributed by atoms with Gasteiger partial charge < -0.3 is 5.11 Å². The van der Waals surface area contributed by atoms with Gasteiger partial charge in [-0.2, -0.15) is 18.3 Å². The van der Waals surface area contributed by atoms with E-state index in [0.29, 0.717) is 10.6 Å². The van der Waals surface area contributed by atoms with Crippen LogP contribution in [0.2, 0.25) is 0 Å². The van der Waals surface area contributed by atoms with Crippen molar-refractivity contribution >= 4 is 12.1 Å². The van der Waals surface area contributed by atoms with Gasteiger partial charge in [0, 0.05) is 5.56 Å². The largest absolute Gasteiger partial charge is 0.493 e. The molecule has 30 heavy (non-hydrogen) atoms. The molecule has 154 valence electrons. The average Bonchev–Trinajstić information content (AvgIpc) is 2.70. The first-order valence-corrected chi connectivity index (χ1v) is 8.33. The molecule has 0 aliphatic carbocycles. The zero-order valence-electron chi connectivity index (χ0n) is 15.0. The SMILES string of the molecule is O=C(N/N=C/c1c(O)n(-c2cccc(C(F)(F)F)c2)c(=O)[nH]c1=O)c1ccccc1. The number of aromatic nitrogens is 2. The molecule has 8 nitrogen and oxygen atoms in total. The van der Waals surface area contributed by atoms with Crippen molar-refractivity contribution in [2.45, 2.75) is 6.18 Å². The van der Waals surface area contributed by atoms with E-state index in [9.17, 15) is 32.7 Å². The highest BCUT2D eigenvalue weighted by atomic mass is 19.4. The third-order valence-electron chi connectivity index (χ3n) is 3.95. The van der Waals surface area contributed by atoms with Crippen molar-refractivity contribution in [2.24, 2.45) is 5.10 Å². The molecule has 2 aromatic carbocycles. The number of nitrogens with one attached hydrogen (secondary N) is 2. The second-order valence-electron chi connectivity index (χ2n) is 5.95. The van der Waals surface area contributed by atoms with Crippen LogP contribution < -0.4 is 16.7 Å². The Balaban J connectivity index is 1.97. The van der Waals surface area contributed by atoms with Crippen molar-refractivity contribution in [3.8, 4) is 11.6 Å². The van der Waals surface area contributed by atoms with Gasteiger partial charge in [0.1, 0.15) is 5.56 Å². The molecule has 3 aromatic rings. The first kappa shape index (κ1) is 20.6. The first-order chi connectivity index (χ1) is 14.2. The Morgan fingerprint density at radius 2 is 1.80 bits per heavy atom. The van der Waals surface area contributed by atoms with E-state index in [2.05, 4.69) is 10.5 Å². The molecule has 0 saturated carbocycles. The molecule has 0 aliphatic rings. The van der Waals surface area contributed by atoms with Crippen LogP contribution in [0, 0.1) is 0 Å². The minimum absolute atomic E-state index is 0.279. The lowest BCUT2D eigenvalue weighted by Crippen LogP contribution is -2.31. The van der Waals surface area contributed by atoms with Gasteiger partial charge in [0.2, 0.25) is 5.88 Å². The van der Waals surface area contributed by atoms with Gasteiger partial charge in [-0.3, -0.25) is 14.6 Å². The molecule has 0 atom stereocenters. The number of benzene rings is 2. The summed E-state index contributed by atoms with van der Waals surface area (Å²) in [4.78, 5) is 37.9. The number of H-pyrrole nitrogens is 1. The number of carbonyl (C=O) groups excluding carboxylic acids is 1. The van der Waals surface area contributed by atoms with Crippen molar-refractivity contribution in [3.63, 3.8) is 0 Å². The fourth-order valence-electron chi connectivity index (χ4n) is 2.53. The van der Waals surface area contributed by atoms with E-state index >= 15 is 0 Å². The maximum Gasteiger partial charge on any atom is 0.416 e. The molecule has 0 fully saturated rings. The van der Waals surface area contributed by atoms with Crippen LogP contribution in [0.15, 0.2) is 69.3 Å². The van der Waals surface area contributed by atoms with Gasteiger partial charge in [-0.05, 0) is 30.3 Å². The highest BCUT2D eigenvalue weighted by Crippen LogP contribution is 2.30. The van der Waals surface area contributed by atoms with Gasteiger partial charge in [-0.15, -0.1) is 0 Å². The summed E-state index contributed by atoms with van der Waals surface area (Å²) in [6, 6.07) is 11.6. The fraction of sp³-hybridized carbons (Fsp3) is 0.0526. The molecule has 0 saturated heterocycles. The molecule has 0 radical (unpaired) electrons. The Morgan fingerprint density at radius 1 is 1.10 bits per heavy atom. The van der Waals surface area contributed by atoms with Gasteiger partial charge in [0.25, 0.3) is 11.5 Å². The van der Waals surface area contributed by atoms with Crippen LogP contribution in [0.1, 0.15) is 21.5 Å². The van der Waals surface area contributed by atoms with Crippen LogP contribution in [-0.4, -0.2) is 26.8 Å². The fourth-order valence-corrected chi connectivity index (χ4v) is 2.53. The zero-order valence-corrected chi connectivity index (χ0v) is 15.0. The quantitative estimate of drug-likeness (QED) is 0.444. The van der Waals surface area contributed by atoms with E-state index in [-0.39, 0.29) is 11.3 Å². The molecule has 3 rings (SSSR count). The summed E-state index contributed by atoms with van der Waals surface area (Å²) in [6.45, 7) is 0. The molecule has 1 aromatic heterocycles. The molecule has 1 amide bonds. The first-order valence-electron chi connectivity index (χ1n) is 8.33. The van der Waals surface area contributed by atoms with Gasteiger partial charge in [-0.25, -0.2) is 14.8 Å². The number of hydrogen-bond acceptors (Lipinski definition) is 5. The standard InChI is InChI=1S/C19H13F3N4O4/c20-19(21,22)12-7-4-8-13(9-12)26-17(29)14(16(28)24-18(26)30)10-23-25-15(27)11-5-2-1-3-6-11/h1-10,29H,(H,25,27)(H,24,28,30)/b23-10+. The third-order valence-corrected chi connectivity index (χ3v) is 3.95. The highest BCUT2D eigenvalue weighted by Gasteiger charge is 2.31. The Hall–Kier alpha value is -4.15. The lowest BCUT2D eigenvalue weighted by atomic mass is 10.2. The van der Waals surface area contributed by atoms with Crippen LogP contribution in [-0.2, 0) is 6.18 Å². The number of hydrazone groups is 1. The second-order valence-corrected chi connectivity index (χ2v) is 5.95. The van der Waals surface area contributed by atoms with Crippen LogP contribution in [0.5, 0.6) is 5.88 Å². The van der Waals surface area contributed by atoms with Crippen LogP contribution in [0.4, 0.5) is 13.2 Å². The zero-order chi connectivity index (χ0) is 21.9. The number of halogens is 3. The normalized spacial score (nSPS) is 11.6. The van der Waals surface area contributed by atoms with E-state index in [1.54, 1.807) is 18.2 Å². The van der Waals surface area contributed by atoms with Crippen LogP contribution in [0.3, 0.4) is 0 Å². The van der Waals surface area contributed by atoms with Crippen LogP contribution >= 0.6 is 0 Å². The highest BCUT2D eigenvalue weighted by molar-refractivity contribution is 5.94. The van der Waals surface area contributed by atoms with Gasteiger partial charge in [0.05, 0.1) is 17.5 Å². The molecular weight excluding hydrogens is 405 g/mol. The molecule has 0 aliphatic heterocycles. The summed E-state index contributed by atoms with van der Waals surface area (Å²) in [5.41, 5.74) is -1.70. The van der Waals surface area contributed by atoms with Gasteiger partial charge in [0.15, 0.2) is 0 Å². The molecule has 11 heteroatoms. The Bertz CT molecular complexity index is 1230. The van der Waals surface area contributed by atoms with Crippen LogP contribution in [0.25, 0.3) is 5.69 Å². The summed E-state index contributed by atoms with van der Waals surface area (Å²) in [5, 5.41) is 13.9. The summed E-state index contributed by atoms with van der Waals surface area (Å²) >= 11 is 0. The minimum atomic E-state index is -4.68. The lowest BCUT2D eigenvalue weighted by molar-refractivity contribution is -0.137. The number of aromatic amines is 1. The molecular formula is C19H13F3N4O4. The predicted octanol–water partition coefficient (Wildman–Crippen LogP) is 2.01. The van der Waals surface area contributed by atoms with Crippen molar-refractivity contribution in [1.82, 2.24) is 15.0 Å². The summed E-state index contributed by atoms with van der Waals surface area (Å²) in [5.74, 6) is -1.55. The predicted molar refractivity (Wildman–Crippen MR) is 101 cm³/mol. The number of rotatable bonds is 4. The summed E-state index contributed by atoms with van der Waals surface area (Å²) < 4.78 is 39.3. The van der Waals surface area contributed by atoms with Crippen molar-refractivity contribution < 1.29 is 23.1 Å². The van der Waals surface area contributed by atoms with Crippen molar-refractivity contribution in [1.29, 1.82) is 0 Å². The van der Waals surface area contributed by atoms with Crippen molar-refractivity contribution in [3.05, 3.63) is 92.1 Å². The molecule has 3 N–H and O–H groups in total. The van der Waals surface area contributed by atoms with E-state index in [0.717, 1.165) is 24.4 Å². The summed E-state index contributed by atoms with van der Waals surface area (Å²) in [7, 11) is 0. The number of aromatic hydroxyl groups is 1. The topological polar surface area (TPSA) is 117 Å².